The van der Waals surface area contributed by atoms with E-state index in [9.17, 15) is 18.8 Å². The molecule has 2 aromatic heterocycles. The number of benzene rings is 2. The number of carbonyl (C=O) groups is 2. The minimum absolute atomic E-state index is 0.0367. The summed E-state index contributed by atoms with van der Waals surface area (Å²) in [5, 5.41) is 10.2. The second-order valence-corrected chi connectivity index (χ2v) is 7.96. The van der Waals surface area contributed by atoms with E-state index < -0.39 is 5.91 Å². The lowest BCUT2D eigenvalue weighted by Gasteiger charge is -2.17. The third-order valence-electron chi connectivity index (χ3n) is 5.57. The summed E-state index contributed by atoms with van der Waals surface area (Å²) in [5.74, 6) is -1.16. The maximum absolute atomic E-state index is 13.1. The van der Waals surface area contributed by atoms with Crippen LogP contribution in [0.5, 0.6) is 0 Å². The van der Waals surface area contributed by atoms with Crippen LogP contribution in [0.15, 0.2) is 65.6 Å². The largest absolute Gasteiger partial charge is 0.360 e. The molecule has 0 aliphatic heterocycles. The molecule has 8 nitrogen and oxygen atoms in total. The molecule has 34 heavy (non-hydrogen) atoms. The van der Waals surface area contributed by atoms with Gasteiger partial charge in [-0.05, 0) is 55.3 Å². The van der Waals surface area contributed by atoms with Gasteiger partial charge < -0.3 is 15.2 Å². The first kappa shape index (κ1) is 22.9. The van der Waals surface area contributed by atoms with Gasteiger partial charge in [-0.3, -0.25) is 19.5 Å². The van der Waals surface area contributed by atoms with Crippen molar-refractivity contribution in [1.82, 2.24) is 25.4 Å². The van der Waals surface area contributed by atoms with Gasteiger partial charge in [0.15, 0.2) is 0 Å². The van der Waals surface area contributed by atoms with E-state index >= 15 is 0 Å². The molecule has 0 saturated carbocycles. The summed E-state index contributed by atoms with van der Waals surface area (Å²) in [6.45, 7) is 0.274. The first-order valence-corrected chi connectivity index (χ1v) is 10.8. The number of nitrogens with zero attached hydrogens (tertiary/aromatic N) is 2. The molecule has 174 valence electrons. The topological polar surface area (TPSA) is 111 Å². The summed E-state index contributed by atoms with van der Waals surface area (Å²) in [6.07, 6.45) is 2.72. The van der Waals surface area contributed by atoms with Crippen LogP contribution in [0, 0.1) is 5.82 Å². The highest BCUT2D eigenvalue weighted by Gasteiger charge is 2.15. The lowest BCUT2D eigenvalue weighted by Crippen LogP contribution is -2.39. The Bertz CT molecular complexity index is 1380. The fourth-order valence-electron chi connectivity index (χ4n) is 3.61. The van der Waals surface area contributed by atoms with Gasteiger partial charge in [-0.1, -0.05) is 12.1 Å². The highest BCUT2D eigenvalue weighted by atomic mass is 19.1. The third-order valence-corrected chi connectivity index (χ3v) is 5.57. The van der Waals surface area contributed by atoms with Crippen LogP contribution in [0.4, 0.5) is 4.39 Å². The summed E-state index contributed by atoms with van der Waals surface area (Å²) in [6, 6.07) is 14.9. The number of nitrogens with one attached hydrogen (secondary N) is 3. The van der Waals surface area contributed by atoms with Crippen LogP contribution in [0.1, 0.15) is 22.5 Å². The van der Waals surface area contributed by atoms with Crippen molar-refractivity contribution in [1.29, 1.82) is 0 Å². The maximum Gasteiger partial charge on any atom is 0.257 e. The predicted octanol–water partition coefficient (Wildman–Crippen LogP) is 2.88. The number of fused-ring (bicyclic) bond motifs is 1. The first-order valence-electron chi connectivity index (χ1n) is 10.8. The summed E-state index contributed by atoms with van der Waals surface area (Å²) < 4.78 is 13.1. The second-order valence-electron chi connectivity index (χ2n) is 7.96. The van der Waals surface area contributed by atoms with Crippen LogP contribution in [-0.4, -0.2) is 52.0 Å². The number of aromatic amines is 2. The molecule has 0 radical (unpaired) electrons. The zero-order valence-corrected chi connectivity index (χ0v) is 18.6. The van der Waals surface area contributed by atoms with Gasteiger partial charge >= 0.3 is 0 Å². The van der Waals surface area contributed by atoms with Gasteiger partial charge in [0.05, 0.1) is 12.2 Å². The zero-order valence-electron chi connectivity index (χ0n) is 18.6. The Morgan fingerprint density at radius 2 is 1.88 bits per heavy atom. The molecule has 2 heterocycles. The van der Waals surface area contributed by atoms with Gasteiger partial charge in [-0.2, -0.15) is 5.10 Å². The van der Waals surface area contributed by atoms with Gasteiger partial charge in [0.1, 0.15) is 11.4 Å². The molecule has 0 aliphatic rings. The van der Waals surface area contributed by atoms with Gasteiger partial charge in [0.25, 0.3) is 5.91 Å². The summed E-state index contributed by atoms with van der Waals surface area (Å²) in [5.41, 5.74) is 2.67. The monoisotopic (exact) mass is 461 g/mol. The quantitative estimate of drug-likeness (QED) is 0.375. The molecule has 0 bridgehead atoms. The van der Waals surface area contributed by atoms with Crippen molar-refractivity contribution in [2.75, 3.05) is 20.1 Å². The van der Waals surface area contributed by atoms with E-state index in [1.54, 1.807) is 43.4 Å². The second kappa shape index (κ2) is 10.1. The van der Waals surface area contributed by atoms with Gasteiger partial charge in [0, 0.05) is 41.9 Å². The number of aryl methyl sites for hydroxylation is 1. The Morgan fingerprint density at radius 3 is 2.68 bits per heavy atom. The SMILES string of the molecule is CN(CCCc1cc(-c2ccc(F)cc2)n[nH]1)C(=O)CNC(=O)c1c[nH]c2ccccc2c1=O. The van der Waals surface area contributed by atoms with Crippen LogP contribution in [0.2, 0.25) is 0 Å². The van der Waals surface area contributed by atoms with Crippen molar-refractivity contribution in [3.05, 3.63) is 88.1 Å². The normalized spacial score (nSPS) is 10.9. The molecule has 4 rings (SSSR count). The Kier molecular flexibility index (Phi) is 6.82. The van der Waals surface area contributed by atoms with Gasteiger partial charge in [-0.15, -0.1) is 0 Å². The van der Waals surface area contributed by atoms with E-state index in [-0.39, 0.29) is 29.3 Å². The van der Waals surface area contributed by atoms with E-state index in [4.69, 9.17) is 0 Å². The first-order chi connectivity index (χ1) is 16.4. The molecule has 0 aliphatic carbocycles. The average Bonchev–Trinajstić information content (AvgIpc) is 3.32. The molecule has 0 unspecified atom stereocenters. The molecule has 0 atom stereocenters. The van der Waals surface area contributed by atoms with Crippen LogP contribution in [0.3, 0.4) is 0 Å². The fourth-order valence-corrected chi connectivity index (χ4v) is 3.61. The highest BCUT2D eigenvalue weighted by molar-refractivity contribution is 5.98. The zero-order chi connectivity index (χ0) is 24.1. The molecular formula is C25H24FN5O3. The van der Waals surface area contributed by atoms with E-state index in [0.717, 1.165) is 17.0 Å². The number of halogens is 1. The number of pyridine rings is 1. The van der Waals surface area contributed by atoms with E-state index in [1.807, 2.05) is 6.07 Å². The Hall–Kier alpha value is -4.27. The fraction of sp³-hybridized carbons (Fsp3) is 0.200. The predicted molar refractivity (Wildman–Crippen MR) is 127 cm³/mol. The molecule has 4 aromatic rings. The number of carbonyl (C=O) groups excluding carboxylic acids is 2. The minimum atomic E-state index is -0.598. The van der Waals surface area contributed by atoms with Gasteiger partial charge in [-0.25, -0.2) is 4.39 Å². The molecule has 0 saturated heterocycles. The highest BCUT2D eigenvalue weighted by Crippen LogP contribution is 2.18. The molecule has 0 spiro atoms. The van der Waals surface area contributed by atoms with Crippen molar-refractivity contribution in [2.24, 2.45) is 0 Å². The third kappa shape index (κ3) is 5.20. The van der Waals surface area contributed by atoms with Crippen LogP contribution < -0.4 is 10.7 Å². The number of rotatable bonds is 8. The number of aromatic nitrogens is 3. The number of H-pyrrole nitrogens is 2. The van der Waals surface area contributed by atoms with E-state index in [2.05, 4.69) is 20.5 Å². The van der Waals surface area contributed by atoms with Crippen molar-refractivity contribution in [3.8, 4) is 11.3 Å². The lowest BCUT2D eigenvalue weighted by atomic mass is 10.1. The number of likely N-dealkylation sites (N-methyl/N-ethyl adjacent to an activating group) is 1. The lowest BCUT2D eigenvalue weighted by molar-refractivity contribution is -0.128. The van der Waals surface area contributed by atoms with Crippen LogP contribution in [-0.2, 0) is 11.2 Å². The Morgan fingerprint density at radius 1 is 1.12 bits per heavy atom. The molecule has 0 fully saturated rings. The standard InChI is InChI=1S/C25H24FN5O3/c1-31(12-4-5-18-13-22(30-29-18)16-8-10-17(26)11-9-16)23(32)15-28-25(34)20-14-27-21-7-3-2-6-19(21)24(20)33/h2-3,6-11,13-14H,4-5,12,15H2,1H3,(H,27,33)(H,28,34)(H,29,30). The van der Waals surface area contributed by atoms with Crippen LogP contribution in [0.25, 0.3) is 22.2 Å². The summed E-state index contributed by atoms with van der Waals surface area (Å²) >= 11 is 0. The van der Waals surface area contributed by atoms with Crippen molar-refractivity contribution in [2.45, 2.75) is 12.8 Å². The number of hydrogen-bond donors (Lipinski definition) is 3. The molecular weight excluding hydrogens is 437 g/mol. The molecule has 3 N–H and O–H groups in total. The minimum Gasteiger partial charge on any atom is -0.360 e. The number of hydrogen-bond acceptors (Lipinski definition) is 4. The molecule has 2 aromatic carbocycles. The average molecular weight is 461 g/mol. The smallest absolute Gasteiger partial charge is 0.257 e. The molecule has 9 heteroatoms. The van der Waals surface area contributed by atoms with E-state index in [0.29, 0.717) is 30.3 Å². The number of amides is 2. The Labute approximate surface area is 194 Å². The van der Waals surface area contributed by atoms with Crippen LogP contribution >= 0.6 is 0 Å². The van der Waals surface area contributed by atoms with Gasteiger partial charge in [0.2, 0.25) is 11.3 Å². The van der Waals surface area contributed by atoms with Crippen molar-refractivity contribution >= 4 is 22.7 Å². The summed E-state index contributed by atoms with van der Waals surface area (Å²) in [4.78, 5) is 41.8. The van der Waals surface area contributed by atoms with Crippen molar-refractivity contribution in [3.63, 3.8) is 0 Å². The molecule has 2 amide bonds. The summed E-state index contributed by atoms with van der Waals surface area (Å²) in [7, 11) is 1.66. The maximum atomic E-state index is 13.1. The van der Waals surface area contributed by atoms with E-state index in [1.165, 1.54) is 23.2 Å². The van der Waals surface area contributed by atoms with Crippen molar-refractivity contribution < 1.29 is 14.0 Å². The number of para-hydroxylation sites is 1. The Balaban J connectivity index is 1.25.